The van der Waals surface area contributed by atoms with Gasteiger partial charge in [0.2, 0.25) is 5.91 Å². The Labute approximate surface area is 217 Å². The summed E-state index contributed by atoms with van der Waals surface area (Å²) in [5, 5.41) is 17.8. The van der Waals surface area contributed by atoms with E-state index < -0.39 is 5.97 Å². The number of amides is 1. The molecule has 3 aromatic heterocycles. The van der Waals surface area contributed by atoms with E-state index in [1.54, 1.807) is 4.68 Å². The fourth-order valence-electron chi connectivity index (χ4n) is 4.23. The Morgan fingerprint density at radius 3 is 2.71 bits per heavy atom. The molecule has 0 unspecified atom stereocenters. The van der Waals surface area contributed by atoms with Gasteiger partial charge >= 0.3 is 5.97 Å². The molecular formula is C23H29ClN6O3S2. The van der Waals surface area contributed by atoms with Crippen molar-refractivity contribution in [2.75, 3.05) is 18.2 Å². The molecule has 0 bridgehead atoms. The van der Waals surface area contributed by atoms with Crippen LogP contribution in [0.4, 0.5) is 5.00 Å². The molecule has 12 heteroatoms. The van der Waals surface area contributed by atoms with E-state index in [1.807, 2.05) is 18.5 Å². The number of esters is 1. The predicted molar refractivity (Wildman–Crippen MR) is 139 cm³/mol. The van der Waals surface area contributed by atoms with E-state index in [4.69, 9.17) is 16.3 Å². The third-order valence-electron chi connectivity index (χ3n) is 5.96. The first-order valence-corrected chi connectivity index (χ1v) is 13.8. The largest absolute Gasteiger partial charge is 0.465 e. The van der Waals surface area contributed by atoms with E-state index in [9.17, 15) is 9.59 Å². The van der Waals surface area contributed by atoms with Crippen molar-refractivity contribution < 1.29 is 14.3 Å². The molecule has 1 amide bonds. The van der Waals surface area contributed by atoms with Crippen LogP contribution in [0.1, 0.15) is 59.1 Å². The highest BCUT2D eigenvalue weighted by molar-refractivity contribution is 7.99. The zero-order valence-corrected chi connectivity index (χ0v) is 22.7. The van der Waals surface area contributed by atoms with Crippen molar-refractivity contribution in [1.29, 1.82) is 0 Å². The van der Waals surface area contributed by atoms with E-state index in [0.29, 0.717) is 38.8 Å². The van der Waals surface area contributed by atoms with Crippen molar-refractivity contribution in [3.8, 4) is 11.5 Å². The van der Waals surface area contributed by atoms with Gasteiger partial charge in [0.25, 0.3) is 0 Å². The Kier molecular flexibility index (Phi) is 8.18. The van der Waals surface area contributed by atoms with E-state index in [2.05, 4.69) is 27.5 Å². The van der Waals surface area contributed by atoms with Gasteiger partial charge in [0.15, 0.2) is 11.0 Å². The molecule has 3 heterocycles. The first-order valence-electron chi connectivity index (χ1n) is 11.6. The van der Waals surface area contributed by atoms with Gasteiger partial charge < -0.3 is 14.6 Å². The summed E-state index contributed by atoms with van der Waals surface area (Å²) in [5.41, 5.74) is 2.95. The summed E-state index contributed by atoms with van der Waals surface area (Å²) in [4.78, 5) is 26.5. The van der Waals surface area contributed by atoms with Crippen LogP contribution in [0.25, 0.3) is 11.5 Å². The van der Waals surface area contributed by atoms with Crippen LogP contribution < -0.4 is 5.32 Å². The first-order chi connectivity index (χ1) is 16.8. The highest BCUT2D eigenvalue weighted by Gasteiger charge is 2.27. The number of aromatic nitrogens is 5. The molecule has 1 aliphatic carbocycles. The lowest BCUT2D eigenvalue weighted by Crippen LogP contribution is -2.17. The molecule has 9 nitrogen and oxygen atoms in total. The molecule has 0 spiro atoms. The van der Waals surface area contributed by atoms with Gasteiger partial charge in [0.05, 0.1) is 29.1 Å². The number of carbonyl (C=O) groups is 2. The number of rotatable bonds is 9. The van der Waals surface area contributed by atoms with Gasteiger partial charge in [0.1, 0.15) is 10.7 Å². The second-order valence-electron chi connectivity index (χ2n) is 8.43. The molecule has 3 aromatic rings. The number of thiophene rings is 1. The van der Waals surface area contributed by atoms with Crippen LogP contribution in [0.15, 0.2) is 5.16 Å². The van der Waals surface area contributed by atoms with Crippen LogP contribution in [0.2, 0.25) is 5.02 Å². The molecule has 0 saturated carbocycles. The Morgan fingerprint density at radius 1 is 1.26 bits per heavy atom. The summed E-state index contributed by atoms with van der Waals surface area (Å²) in [6.07, 6.45) is 5.82. The number of ether oxygens (including phenoxy) is 1. The van der Waals surface area contributed by atoms with Crippen LogP contribution in [0.3, 0.4) is 0 Å². The molecule has 0 saturated heterocycles. The lowest BCUT2D eigenvalue weighted by molar-refractivity contribution is -0.113. The number of nitrogens with zero attached hydrogens (tertiary/aromatic N) is 5. The van der Waals surface area contributed by atoms with Crippen LogP contribution in [-0.4, -0.2) is 49.3 Å². The molecule has 0 fully saturated rings. The Morgan fingerprint density at radius 2 is 2.03 bits per heavy atom. The van der Waals surface area contributed by atoms with Gasteiger partial charge in [0, 0.05) is 18.5 Å². The summed E-state index contributed by atoms with van der Waals surface area (Å²) >= 11 is 9.29. The number of nitrogens with one attached hydrogen (secondary N) is 1. The normalized spacial score (nSPS) is 13.1. The highest BCUT2D eigenvalue weighted by Crippen LogP contribution is 2.39. The maximum atomic E-state index is 12.9. The van der Waals surface area contributed by atoms with Gasteiger partial charge in [-0.2, -0.15) is 5.10 Å². The zero-order valence-electron chi connectivity index (χ0n) is 20.3. The minimum absolute atomic E-state index is 0.131. The number of halogens is 1. The van der Waals surface area contributed by atoms with Crippen LogP contribution in [-0.2, 0) is 36.0 Å². The maximum absolute atomic E-state index is 12.9. The molecule has 1 aliphatic rings. The predicted octanol–water partition coefficient (Wildman–Crippen LogP) is 4.90. The lowest BCUT2D eigenvalue weighted by Gasteiger charge is -2.12. The third kappa shape index (κ3) is 5.26. The number of fused-ring (bicyclic) bond motifs is 1. The summed E-state index contributed by atoms with van der Waals surface area (Å²) in [5.74, 6) is 0.152. The van der Waals surface area contributed by atoms with E-state index >= 15 is 0 Å². The molecular weight excluding hydrogens is 508 g/mol. The van der Waals surface area contributed by atoms with E-state index in [0.717, 1.165) is 54.7 Å². The Bertz CT molecular complexity index is 1250. The molecule has 188 valence electrons. The van der Waals surface area contributed by atoms with Crippen LogP contribution >= 0.6 is 34.7 Å². The minimum atomic E-state index is -0.403. The van der Waals surface area contributed by atoms with Crippen LogP contribution in [0.5, 0.6) is 0 Å². The smallest absolute Gasteiger partial charge is 0.341 e. The fraction of sp³-hybridized carbons (Fsp3) is 0.522. The van der Waals surface area contributed by atoms with Crippen molar-refractivity contribution in [2.45, 2.75) is 64.1 Å². The first kappa shape index (κ1) is 25.7. The standard InChI is InChI=1S/C23H29ClN6O3S2/c1-5-6-11-30-20(19-18(24)13(2)28-29(19)3)26-27-23(30)34-12-16(31)25-21-17(22(32)33-4)14-9-7-8-10-15(14)35-21/h5-12H2,1-4H3,(H,25,31). The van der Waals surface area contributed by atoms with Crippen molar-refractivity contribution in [3.05, 3.63) is 26.7 Å². The molecule has 35 heavy (non-hydrogen) atoms. The second-order valence-corrected chi connectivity index (χ2v) is 10.9. The topological polar surface area (TPSA) is 104 Å². The van der Waals surface area contributed by atoms with Crippen molar-refractivity contribution in [1.82, 2.24) is 24.5 Å². The molecule has 0 aromatic carbocycles. The van der Waals surface area contributed by atoms with E-state index in [1.165, 1.54) is 30.2 Å². The number of anilines is 1. The average molecular weight is 537 g/mol. The number of hydrogen-bond donors (Lipinski definition) is 1. The van der Waals surface area contributed by atoms with E-state index in [-0.39, 0.29) is 11.7 Å². The van der Waals surface area contributed by atoms with Gasteiger partial charge in [-0.05, 0) is 44.6 Å². The summed E-state index contributed by atoms with van der Waals surface area (Å²) < 4.78 is 8.70. The zero-order chi connectivity index (χ0) is 25.1. The maximum Gasteiger partial charge on any atom is 0.341 e. The van der Waals surface area contributed by atoms with Crippen molar-refractivity contribution in [2.24, 2.45) is 7.05 Å². The van der Waals surface area contributed by atoms with Crippen molar-refractivity contribution >= 4 is 51.6 Å². The quantitative estimate of drug-likeness (QED) is 0.306. The fourth-order valence-corrected chi connectivity index (χ4v) is 6.53. The second kappa shape index (κ2) is 11.1. The molecule has 4 rings (SSSR count). The van der Waals surface area contributed by atoms with Gasteiger partial charge in [-0.15, -0.1) is 21.5 Å². The molecule has 0 atom stereocenters. The number of hydrogen-bond acceptors (Lipinski definition) is 8. The van der Waals surface area contributed by atoms with Gasteiger partial charge in [-0.3, -0.25) is 9.48 Å². The number of methoxy groups -OCH3 is 1. The summed E-state index contributed by atoms with van der Waals surface area (Å²) in [6, 6.07) is 0. The number of aryl methyl sites for hydroxylation is 3. The van der Waals surface area contributed by atoms with Crippen LogP contribution in [0, 0.1) is 6.92 Å². The molecule has 1 N–H and O–H groups in total. The Balaban J connectivity index is 1.53. The Hall–Kier alpha value is -2.37. The summed E-state index contributed by atoms with van der Waals surface area (Å²) in [7, 11) is 3.19. The highest BCUT2D eigenvalue weighted by atomic mass is 35.5. The molecule has 0 radical (unpaired) electrons. The monoisotopic (exact) mass is 536 g/mol. The average Bonchev–Trinajstić information content (AvgIpc) is 3.48. The number of unbranched alkanes of at least 4 members (excludes halogenated alkanes) is 1. The summed E-state index contributed by atoms with van der Waals surface area (Å²) in [6.45, 7) is 4.67. The van der Waals surface area contributed by atoms with Gasteiger partial charge in [-0.1, -0.05) is 36.7 Å². The third-order valence-corrected chi connectivity index (χ3v) is 8.59. The number of thioether (sulfide) groups is 1. The number of carbonyl (C=O) groups excluding carboxylic acids is 2. The SMILES string of the molecule is CCCCn1c(SCC(=O)Nc2sc3c(c2C(=O)OC)CCCC3)nnc1-c1c(Cl)c(C)nn1C. The van der Waals surface area contributed by atoms with Gasteiger partial charge in [-0.25, -0.2) is 4.79 Å². The minimum Gasteiger partial charge on any atom is -0.465 e. The lowest BCUT2D eigenvalue weighted by atomic mass is 9.95. The van der Waals surface area contributed by atoms with Crippen molar-refractivity contribution in [3.63, 3.8) is 0 Å². The molecule has 0 aliphatic heterocycles.